The molecule has 5 aromatic rings. The Morgan fingerprint density at radius 2 is 0.703 bits per heavy atom. The quantitative estimate of drug-likeness (QED) is 0.120. The molecule has 0 saturated heterocycles. The Balaban J connectivity index is 1.57. The summed E-state index contributed by atoms with van der Waals surface area (Å²) in [7, 11) is 0. The number of ether oxygens (including phenoxy) is 2. The van der Waals surface area contributed by atoms with E-state index < -0.39 is 0 Å². The summed E-state index contributed by atoms with van der Waals surface area (Å²) < 4.78 is 13.6. The van der Waals surface area contributed by atoms with Gasteiger partial charge in [0.2, 0.25) is 0 Å². The number of amides is 2. The van der Waals surface area contributed by atoms with Gasteiger partial charge in [-0.25, -0.2) is 0 Å². The molecule has 64 heavy (non-hydrogen) atoms. The predicted octanol–water partition coefficient (Wildman–Crippen LogP) is 10.3. The van der Waals surface area contributed by atoms with E-state index in [0.29, 0.717) is 37.2 Å². The van der Waals surface area contributed by atoms with E-state index in [1.807, 2.05) is 0 Å². The van der Waals surface area contributed by atoms with Crippen molar-refractivity contribution in [3.63, 3.8) is 0 Å². The number of aromatic hydroxyl groups is 2. The van der Waals surface area contributed by atoms with Gasteiger partial charge in [0.25, 0.3) is 11.8 Å². The number of phenols is 2. The van der Waals surface area contributed by atoms with Crippen LogP contribution >= 0.6 is 0 Å². The highest BCUT2D eigenvalue weighted by Crippen LogP contribution is 2.44. The molecule has 3 heterocycles. The number of carbonyl (C=O) groups excluding carboxylic acids is 2. The van der Waals surface area contributed by atoms with Crippen molar-refractivity contribution in [3.05, 3.63) is 145 Å². The lowest BCUT2D eigenvalue weighted by atomic mass is 9.79. The number of hydrogen-bond donors (Lipinski definition) is 4. The smallest absolute Gasteiger partial charge is 0.252 e. The first-order valence-corrected chi connectivity index (χ1v) is 22.7. The van der Waals surface area contributed by atoms with Crippen LogP contribution in [0.2, 0.25) is 0 Å². The van der Waals surface area contributed by atoms with E-state index in [2.05, 4.69) is 147 Å². The molecule has 0 atom stereocenters. The van der Waals surface area contributed by atoms with E-state index >= 15 is 0 Å². The van der Waals surface area contributed by atoms with Crippen LogP contribution in [0.15, 0.2) is 67.0 Å². The summed E-state index contributed by atoms with van der Waals surface area (Å²) in [5.74, 6) is 0.976. The van der Waals surface area contributed by atoms with Crippen LogP contribution in [0.3, 0.4) is 0 Å². The Morgan fingerprint density at radius 1 is 0.438 bits per heavy atom. The molecular weight excluding hydrogens is 799 g/mol. The lowest BCUT2D eigenvalue weighted by molar-refractivity contribution is 0.0946. The normalized spacial score (nSPS) is 15.4. The molecule has 0 radical (unpaired) electrons. The van der Waals surface area contributed by atoms with Crippen LogP contribution in [0, 0.1) is 0 Å². The summed E-state index contributed by atoms with van der Waals surface area (Å²) in [4.78, 5) is 31.1. The number of hydrogen-bond acceptors (Lipinski definition) is 7. The van der Waals surface area contributed by atoms with Crippen LogP contribution in [0.5, 0.6) is 23.0 Å². The monoisotopic (exact) mass is 866 g/mol. The number of pyridine rings is 1. The van der Waals surface area contributed by atoms with Crippen LogP contribution in [-0.4, -0.2) is 53.3 Å². The second kappa shape index (κ2) is 17.3. The third kappa shape index (κ3) is 10.1. The summed E-state index contributed by atoms with van der Waals surface area (Å²) in [6, 6.07) is 18.8. The first-order valence-electron chi connectivity index (χ1n) is 22.7. The number of rotatable bonds is 0. The third-order valence-electron chi connectivity index (χ3n) is 12.5. The van der Waals surface area contributed by atoms with Gasteiger partial charge in [-0.2, -0.15) is 0 Å². The fourth-order valence-electron chi connectivity index (χ4n) is 8.54. The van der Waals surface area contributed by atoms with Gasteiger partial charge >= 0.3 is 0 Å². The summed E-state index contributed by atoms with van der Waals surface area (Å²) in [5.41, 5.74) is 10.6. The largest absolute Gasteiger partial charge is 0.507 e. The van der Waals surface area contributed by atoms with Crippen molar-refractivity contribution in [1.82, 2.24) is 15.6 Å². The SMILES string of the molecule is CC(C)(C)c1cc2c(O)c(c1)Cc1cc(C(C)(C)C)cc3c1OCCNC(=O)c1cncc(c1)C(=O)NCCOc1c(cc(C(C)(C)C)cc1Cc1cc(C(C)(C)C)cc(c1O)C3)C2. The summed E-state index contributed by atoms with van der Waals surface area (Å²) in [6.45, 7) is 26.9. The zero-order chi connectivity index (χ0) is 46.5. The molecule has 12 bridgehead atoms. The van der Waals surface area contributed by atoms with E-state index in [9.17, 15) is 19.8 Å². The number of nitrogens with zero attached hydrogens (tertiary/aromatic N) is 1. The summed E-state index contributed by atoms with van der Waals surface area (Å²) in [6.07, 6.45) is 4.37. The van der Waals surface area contributed by atoms with Crippen molar-refractivity contribution in [2.45, 2.75) is 130 Å². The van der Waals surface area contributed by atoms with Crippen LogP contribution in [0.4, 0.5) is 0 Å². The molecule has 1 aliphatic carbocycles. The molecule has 9 nitrogen and oxygen atoms in total. The number of nitrogens with one attached hydrogen (secondary N) is 2. The van der Waals surface area contributed by atoms with Gasteiger partial charge in [0, 0.05) is 38.1 Å². The fourth-order valence-corrected chi connectivity index (χ4v) is 8.54. The van der Waals surface area contributed by atoms with Crippen molar-refractivity contribution >= 4 is 11.8 Å². The van der Waals surface area contributed by atoms with Crippen LogP contribution in [0.25, 0.3) is 0 Å². The summed E-state index contributed by atoms with van der Waals surface area (Å²) in [5, 5.41) is 31.0. The van der Waals surface area contributed by atoms with Gasteiger partial charge in [0.1, 0.15) is 36.2 Å². The number of phenolic OH excluding ortho intramolecular Hbond substituents is 2. The van der Waals surface area contributed by atoms with Gasteiger partial charge < -0.3 is 30.3 Å². The van der Waals surface area contributed by atoms with Crippen molar-refractivity contribution in [3.8, 4) is 23.0 Å². The van der Waals surface area contributed by atoms with Crippen LogP contribution < -0.4 is 20.1 Å². The van der Waals surface area contributed by atoms with E-state index in [1.54, 1.807) is 6.07 Å². The summed E-state index contributed by atoms with van der Waals surface area (Å²) >= 11 is 0. The highest BCUT2D eigenvalue weighted by atomic mass is 16.5. The zero-order valence-electron chi connectivity index (χ0n) is 40.0. The van der Waals surface area contributed by atoms with Gasteiger partial charge in [-0.05, 0) is 94.5 Å². The highest BCUT2D eigenvalue weighted by Gasteiger charge is 2.29. The molecule has 4 N–H and O–H groups in total. The molecule has 2 amide bonds. The Bertz CT molecular complexity index is 2340. The number of benzene rings is 4. The van der Waals surface area contributed by atoms with Gasteiger partial charge in [-0.15, -0.1) is 0 Å². The number of carbonyl (C=O) groups is 2. The first kappa shape index (κ1) is 46.2. The third-order valence-corrected chi connectivity index (χ3v) is 12.5. The zero-order valence-corrected chi connectivity index (χ0v) is 40.0. The van der Waals surface area contributed by atoms with Crippen LogP contribution in [-0.2, 0) is 47.3 Å². The van der Waals surface area contributed by atoms with E-state index in [-0.39, 0.29) is 82.4 Å². The molecule has 0 fully saturated rings. The molecule has 9 heteroatoms. The number of fused-ring (bicyclic) bond motifs is 8. The minimum atomic E-state index is -0.381. The lowest BCUT2D eigenvalue weighted by Gasteiger charge is -2.28. The molecule has 2 aliphatic heterocycles. The van der Waals surface area contributed by atoms with Gasteiger partial charge in [0.05, 0.1) is 24.2 Å². The van der Waals surface area contributed by atoms with Gasteiger partial charge in [-0.3, -0.25) is 14.6 Å². The molecular formula is C55H67N3O6. The Morgan fingerprint density at radius 3 is 0.969 bits per heavy atom. The van der Waals surface area contributed by atoms with Crippen molar-refractivity contribution in [2.75, 3.05) is 26.3 Å². The standard InChI is InChI=1S/C55H67N3O6/c1-52(2,3)42-22-32-17-36-26-44(54(7,8)9)28-38-19-34-24-43(53(4,5)6)25-35(47(34)60)20-39-29-45(55(10,11)12)27-37(18-33(23-42)46(32)59)49(39)64-16-14-58-51(62)41-21-40(30-56-31-41)50(61)57-13-15-63-48(36)38/h21-31,59-60H,13-20H2,1-12H3,(H,57,61)(H,58,62). The number of aromatic nitrogens is 1. The van der Waals surface area contributed by atoms with Crippen LogP contribution in [0.1, 0.15) is 171 Å². The predicted molar refractivity (Wildman–Crippen MR) is 255 cm³/mol. The van der Waals surface area contributed by atoms with Crippen molar-refractivity contribution in [2.24, 2.45) is 0 Å². The van der Waals surface area contributed by atoms with E-state index in [0.717, 1.165) is 66.8 Å². The second-order valence-electron chi connectivity index (χ2n) is 21.9. The second-order valence-corrected chi connectivity index (χ2v) is 21.9. The van der Waals surface area contributed by atoms with Gasteiger partial charge in [-0.1, -0.05) is 132 Å². The maximum Gasteiger partial charge on any atom is 0.252 e. The molecule has 0 unspecified atom stereocenters. The molecule has 0 spiro atoms. The molecule has 4 aromatic carbocycles. The Labute approximate surface area is 380 Å². The Hall–Kier alpha value is -5.83. The average Bonchev–Trinajstić information content (AvgIpc) is 3.19. The Kier molecular flexibility index (Phi) is 12.5. The first-order chi connectivity index (χ1) is 29.9. The minimum Gasteiger partial charge on any atom is -0.507 e. The van der Waals surface area contributed by atoms with Gasteiger partial charge in [0.15, 0.2) is 0 Å². The molecule has 1 aromatic heterocycles. The highest BCUT2D eigenvalue weighted by molar-refractivity contribution is 5.99. The molecule has 338 valence electrons. The fraction of sp³-hybridized carbons (Fsp3) is 0.436. The van der Waals surface area contributed by atoms with E-state index in [4.69, 9.17) is 9.47 Å². The maximum atomic E-state index is 13.5. The maximum absolute atomic E-state index is 13.5. The average molecular weight is 866 g/mol. The molecule has 8 rings (SSSR count). The van der Waals surface area contributed by atoms with E-state index in [1.165, 1.54) is 12.4 Å². The lowest BCUT2D eigenvalue weighted by Crippen LogP contribution is -2.30. The minimum absolute atomic E-state index is 0.139. The van der Waals surface area contributed by atoms with Crippen molar-refractivity contribution < 1.29 is 29.3 Å². The van der Waals surface area contributed by atoms with Crippen molar-refractivity contribution in [1.29, 1.82) is 0 Å². The molecule has 0 saturated carbocycles. The topological polar surface area (TPSA) is 130 Å². The molecule has 3 aliphatic rings.